The van der Waals surface area contributed by atoms with Gasteiger partial charge in [0.15, 0.2) is 0 Å². The highest BCUT2D eigenvalue weighted by Gasteiger charge is 2.19. The van der Waals surface area contributed by atoms with Gasteiger partial charge in [0, 0.05) is 24.5 Å². The summed E-state index contributed by atoms with van der Waals surface area (Å²) in [5, 5.41) is 2.77. The molecule has 2 aromatic rings. The first-order valence-corrected chi connectivity index (χ1v) is 8.42. The highest BCUT2D eigenvalue weighted by atomic mass is 32.2. The second-order valence-corrected chi connectivity index (χ2v) is 6.94. The first-order valence-electron chi connectivity index (χ1n) is 6.05. The number of thiazole rings is 1. The van der Waals surface area contributed by atoms with Crippen LogP contribution in [-0.2, 0) is 16.4 Å². The molecule has 0 saturated carbocycles. The van der Waals surface area contributed by atoms with Gasteiger partial charge in [-0.1, -0.05) is 6.07 Å². The van der Waals surface area contributed by atoms with Gasteiger partial charge in [0.05, 0.1) is 12.1 Å². The van der Waals surface area contributed by atoms with Crippen molar-refractivity contribution < 1.29 is 13.2 Å². The SMILES string of the molecule is COc1ccc(C)cc1S(=O)(=O)NCCc1nccs1. The fourth-order valence-electron chi connectivity index (χ4n) is 1.74. The van der Waals surface area contributed by atoms with Crippen molar-refractivity contribution in [3.05, 3.63) is 40.3 Å². The Bertz CT molecular complexity index is 667. The molecule has 1 N–H and O–H groups in total. The molecule has 20 heavy (non-hydrogen) atoms. The van der Waals surface area contributed by atoms with E-state index < -0.39 is 10.0 Å². The van der Waals surface area contributed by atoms with Crippen LogP contribution in [-0.4, -0.2) is 27.1 Å². The standard InChI is InChI=1S/C13H16N2O3S2/c1-10-3-4-11(18-2)12(9-10)20(16,17)15-6-5-13-14-7-8-19-13/h3-4,7-9,15H,5-6H2,1-2H3. The molecule has 0 fully saturated rings. The maximum atomic E-state index is 12.3. The van der Waals surface area contributed by atoms with Crippen LogP contribution in [0.1, 0.15) is 10.6 Å². The lowest BCUT2D eigenvalue weighted by molar-refractivity contribution is 0.402. The molecular weight excluding hydrogens is 296 g/mol. The summed E-state index contributed by atoms with van der Waals surface area (Å²) >= 11 is 1.51. The van der Waals surface area contributed by atoms with E-state index in [4.69, 9.17) is 4.74 Å². The van der Waals surface area contributed by atoms with E-state index in [2.05, 4.69) is 9.71 Å². The fraction of sp³-hybridized carbons (Fsp3) is 0.308. The third-order valence-corrected chi connectivity index (χ3v) is 5.04. The normalized spacial score (nSPS) is 11.5. The molecule has 1 aromatic carbocycles. The predicted octanol–water partition coefficient (Wildman–Crippen LogP) is 1.98. The summed E-state index contributed by atoms with van der Waals surface area (Å²) in [6.07, 6.45) is 2.28. The lowest BCUT2D eigenvalue weighted by atomic mass is 10.2. The van der Waals surface area contributed by atoms with E-state index in [0.29, 0.717) is 18.7 Å². The van der Waals surface area contributed by atoms with E-state index in [9.17, 15) is 8.42 Å². The number of ether oxygens (including phenoxy) is 1. The topological polar surface area (TPSA) is 68.3 Å². The summed E-state index contributed by atoms with van der Waals surface area (Å²) in [5.74, 6) is 0.345. The Morgan fingerprint density at radius 3 is 2.85 bits per heavy atom. The molecule has 0 spiro atoms. The van der Waals surface area contributed by atoms with Crippen LogP contribution in [0.2, 0.25) is 0 Å². The van der Waals surface area contributed by atoms with Crippen molar-refractivity contribution in [2.45, 2.75) is 18.2 Å². The number of sulfonamides is 1. The molecule has 1 aromatic heterocycles. The average molecular weight is 312 g/mol. The van der Waals surface area contributed by atoms with Crippen molar-refractivity contribution in [1.29, 1.82) is 0 Å². The largest absolute Gasteiger partial charge is 0.495 e. The zero-order chi connectivity index (χ0) is 14.6. The van der Waals surface area contributed by atoms with Gasteiger partial charge in [0.1, 0.15) is 10.6 Å². The van der Waals surface area contributed by atoms with Crippen molar-refractivity contribution in [3.63, 3.8) is 0 Å². The second-order valence-electron chi connectivity index (χ2n) is 4.23. The summed E-state index contributed by atoms with van der Waals surface area (Å²) in [4.78, 5) is 4.28. The molecule has 108 valence electrons. The van der Waals surface area contributed by atoms with Crippen LogP contribution in [0, 0.1) is 6.92 Å². The van der Waals surface area contributed by atoms with Crippen LogP contribution >= 0.6 is 11.3 Å². The van der Waals surface area contributed by atoms with Gasteiger partial charge in [0.25, 0.3) is 0 Å². The van der Waals surface area contributed by atoms with E-state index in [1.54, 1.807) is 18.3 Å². The highest BCUT2D eigenvalue weighted by Crippen LogP contribution is 2.24. The van der Waals surface area contributed by atoms with Crippen LogP contribution in [0.4, 0.5) is 0 Å². The number of nitrogens with one attached hydrogen (secondary N) is 1. The highest BCUT2D eigenvalue weighted by molar-refractivity contribution is 7.89. The Balaban J connectivity index is 2.11. The van der Waals surface area contributed by atoms with E-state index in [-0.39, 0.29) is 4.90 Å². The van der Waals surface area contributed by atoms with Crippen molar-refractivity contribution in [2.75, 3.05) is 13.7 Å². The lowest BCUT2D eigenvalue weighted by Gasteiger charge is -2.11. The maximum absolute atomic E-state index is 12.3. The van der Waals surface area contributed by atoms with Crippen LogP contribution in [0.3, 0.4) is 0 Å². The average Bonchev–Trinajstić information content (AvgIpc) is 2.91. The quantitative estimate of drug-likeness (QED) is 0.885. The minimum atomic E-state index is -3.58. The minimum Gasteiger partial charge on any atom is -0.495 e. The minimum absolute atomic E-state index is 0.166. The summed E-state index contributed by atoms with van der Waals surface area (Å²) in [6, 6.07) is 5.07. The van der Waals surface area contributed by atoms with Gasteiger partial charge in [-0.3, -0.25) is 0 Å². The monoisotopic (exact) mass is 312 g/mol. The molecule has 0 aliphatic rings. The summed E-state index contributed by atoms with van der Waals surface area (Å²) < 4.78 is 32.3. The Morgan fingerprint density at radius 1 is 1.40 bits per heavy atom. The third kappa shape index (κ3) is 3.56. The van der Waals surface area contributed by atoms with E-state index >= 15 is 0 Å². The molecule has 0 amide bonds. The summed E-state index contributed by atoms with van der Waals surface area (Å²) in [7, 11) is -2.12. The summed E-state index contributed by atoms with van der Waals surface area (Å²) in [6.45, 7) is 2.15. The van der Waals surface area contributed by atoms with Crippen LogP contribution < -0.4 is 9.46 Å². The van der Waals surface area contributed by atoms with E-state index in [1.165, 1.54) is 18.4 Å². The van der Waals surface area contributed by atoms with Gasteiger partial charge in [-0.2, -0.15) is 0 Å². The number of aromatic nitrogens is 1. The van der Waals surface area contributed by atoms with Crippen molar-refractivity contribution >= 4 is 21.4 Å². The molecule has 7 heteroatoms. The third-order valence-electron chi connectivity index (χ3n) is 2.72. The predicted molar refractivity (Wildman–Crippen MR) is 78.7 cm³/mol. The summed E-state index contributed by atoms with van der Waals surface area (Å²) in [5.41, 5.74) is 0.867. The van der Waals surface area contributed by atoms with Gasteiger partial charge in [-0.15, -0.1) is 11.3 Å². The number of methoxy groups -OCH3 is 1. The maximum Gasteiger partial charge on any atom is 0.244 e. The molecule has 2 rings (SSSR count). The smallest absolute Gasteiger partial charge is 0.244 e. The Morgan fingerprint density at radius 2 is 2.20 bits per heavy atom. The Kier molecular flexibility index (Phi) is 4.74. The van der Waals surface area contributed by atoms with E-state index in [1.807, 2.05) is 18.4 Å². The zero-order valence-electron chi connectivity index (χ0n) is 11.3. The van der Waals surface area contributed by atoms with Crippen molar-refractivity contribution in [3.8, 4) is 5.75 Å². The number of rotatable bonds is 6. The molecular formula is C13H16N2O3S2. The molecule has 0 aliphatic carbocycles. The number of hydrogen-bond donors (Lipinski definition) is 1. The first kappa shape index (κ1) is 15.0. The molecule has 1 heterocycles. The Labute approximate surface area is 122 Å². The molecule has 0 saturated heterocycles. The fourth-order valence-corrected chi connectivity index (χ4v) is 3.64. The van der Waals surface area contributed by atoms with Crippen LogP contribution in [0.25, 0.3) is 0 Å². The number of nitrogens with zero attached hydrogens (tertiary/aromatic N) is 1. The number of benzene rings is 1. The van der Waals surface area contributed by atoms with Crippen LogP contribution in [0.5, 0.6) is 5.75 Å². The molecule has 0 atom stereocenters. The number of aryl methyl sites for hydroxylation is 1. The second kappa shape index (κ2) is 6.34. The molecule has 0 radical (unpaired) electrons. The Hall–Kier alpha value is -1.44. The van der Waals surface area contributed by atoms with Crippen molar-refractivity contribution in [2.24, 2.45) is 0 Å². The van der Waals surface area contributed by atoms with Gasteiger partial charge >= 0.3 is 0 Å². The molecule has 0 aliphatic heterocycles. The lowest BCUT2D eigenvalue weighted by Crippen LogP contribution is -2.26. The van der Waals surface area contributed by atoms with Gasteiger partial charge < -0.3 is 4.74 Å². The molecule has 0 unspecified atom stereocenters. The molecule has 0 bridgehead atoms. The van der Waals surface area contributed by atoms with Gasteiger partial charge in [0.2, 0.25) is 10.0 Å². The van der Waals surface area contributed by atoms with E-state index in [0.717, 1.165) is 10.6 Å². The zero-order valence-corrected chi connectivity index (χ0v) is 12.9. The van der Waals surface area contributed by atoms with Crippen LogP contribution in [0.15, 0.2) is 34.7 Å². The number of hydrogen-bond acceptors (Lipinski definition) is 5. The van der Waals surface area contributed by atoms with Gasteiger partial charge in [-0.25, -0.2) is 18.1 Å². The van der Waals surface area contributed by atoms with Gasteiger partial charge in [-0.05, 0) is 24.6 Å². The van der Waals surface area contributed by atoms with Crippen molar-refractivity contribution in [1.82, 2.24) is 9.71 Å². The first-order chi connectivity index (χ1) is 9.53. The molecule has 5 nitrogen and oxygen atoms in total.